The van der Waals surface area contributed by atoms with Gasteiger partial charge in [-0.1, -0.05) is 41.1 Å². The Balaban J connectivity index is 1.83. The Morgan fingerprint density at radius 2 is 1.92 bits per heavy atom. The number of rotatable bonds is 5. The molecule has 0 saturated carbocycles. The fraction of sp³-hybridized carbons (Fsp3) is 0. The maximum atomic E-state index is 12.5. The third kappa shape index (κ3) is 4.05. The molecule has 0 aliphatic rings. The van der Waals surface area contributed by atoms with Crippen LogP contribution in [0.25, 0.3) is 0 Å². The van der Waals surface area contributed by atoms with Crippen molar-refractivity contribution in [3.8, 4) is 0 Å². The van der Waals surface area contributed by atoms with Crippen molar-refractivity contribution in [1.82, 2.24) is 4.98 Å². The summed E-state index contributed by atoms with van der Waals surface area (Å²) in [4.78, 5) is 17.0. The second-order valence-corrected chi connectivity index (χ2v) is 8.04. The van der Waals surface area contributed by atoms with Gasteiger partial charge in [0.2, 0.25) is 15.8 Å². The Hall–Kier alpha value is -2.26. The first kappa shape index (κ1) is 17.6. The quantitative estimate of drug-likeness (QED) is 0.646. The molecule has 0 radical (unpaired) electrons. The van der Waals surface area contributed by atoms with Crippen LogP contribution in [0.1, 0.15) is 15.2 Å². The first-order chi connectivity index (χ1) is 11.8. The van der Waals surface area contributed by atoms with Crippen LogP contribution >= 0.6 is 22.9 Å². The molecule has 0 spiro atoms. The van der Waals surface area contributed by atoms with Gasteiger partial charge in [0.05, 0.1) is 21.0 Å². The van der Waals surface area contributed by atoms with Crippen LogP contribution in [0.4, 0.5) is 10.8 Å². The summed E-state index contributed by atoms with van der Waals surface area (Å²) in [5.41, 5.74) is 0.896. The van der Waals surface area contributed by atoms with Crippen molar-refractivity contribution in [2.75, 3.05) is 5.32 Å². The fourth-order valence-electron chi connectivity index (χ4n) is 2.09. The fourth-order valence-corrected chi connectivity index (χ4v) is 3.66. The van der Waals surface area contributed by atoms with E-state index in [1.54, 1.807) is 36.4 Å². The molecule has 2 aromatic carbocycles. The number of nitrogens with zero attached hydrogens (tertiary/aromatic N) is 1. The highest BCUT2D eigenvalue weighted by molar-refractivity contribution is 7.89. The van der Waals surface area contributed by atoms with E-state index >= 15 is 0 Å². The zero-order valence-electron chi connectivity index (χ0n) is 12.6. The van der Waals surface area contributed by atoms with Gasteiger partial charge in [-0.3, -0.25) is 4.79 Å². The number of ketones is 1. The highest BCUT2D eigenvalue weighted by atomic mass is 35.5. The molecule has 0 saturated heterocycles. The number of benzene rings is 2. The maximum absolute atomic E-state index is 12.5. The molecular formula is C16H12ClN3O3S2. The van der Waals surface area contributed by atoms with Crippen LogP contribution < -0.4 is 10.5 Å². The van der Waals surface area contributed by atoms with Gasteiger partial charge in [0.1, 0.15) is 0 Å². The molecule has 0 aliphatic heterocycles. The van der Waals surface area contributed by atoms with Crippen LogP contribution in [0.15, 0.2) is 59.6 Å². The van der Waals surface area contributed by atoms with Gasteiger partial charge in [0, 0.05) is 11.3 Å². The largest absolute Gasteiger partial charge is 0.331 e. The maximum Gasteiger partial charge on any atom is 0.238 e. The van der Waals surface area contributed by atoms with Gasteiger partial charge in [-0.15, -0.1) is 0 Å². The predicted molar refractivity (Wildman–Crippen MR) is 98.1 cm³/mol. The number of sulfonamides is 1. The Bertz CT molecular complexity index is 1050. The van der Waals surface area contributed by atoms with E-state index in [1.807, 2.05) is 0 Å². The van der Waals surface area contributed by atoms with Crippen molar-refractivity contribution < 1.29 is 13.2 Å². The number of hydrogen-bond acceptors (Lipinski definition) is 6. The number of nitrogens with one attached hydrogen (secondary N) is 1. The van der Waals surface area contributed by atoms with Crippen LogP contribution in [-0.2, 0) is 10.0 Å². The monoisotopic (exact) mass is 393 g/mol. The Kier molecular flexibility index (Phi) is 4.87. The first-order valence-corrected chi connectivity index (χ1v) is 9.73. The highest BCUT2D eigenvalue weighted by Crippen LogP contribution is 2.27. The summed E-state index contributed by atoms with van der Waals surface area (Å²) < 4.78 is 22.8. The number of carbonyl (C=O) groups is 1. The molecule has 3 aromatic rings. The Labute approximate surface area is 153 Å². The lowest BCUT2D eigenvalue weighted by Crippen LogP contribution is -2.12. The predicted octanol–water partition coefficient (Wildman–Crippen LogP) is 3.42. The summed E-state index contributed by atoms with van der Waals surface area (Å²) in [7, 11) is -3.79. The molecule has 0 atom stereocenters. The van der Waals surface area contributed by atoms with E-state index in [0.29, 0.717) is 26.3 Å². The van der Waals surface area contributed by atoms with E-state index in [0.717, 1.165) is 11.3 Å². The minimum atomic E-state index is -3.79. The lowest BCUT2D eigenvalue weighted by molar-refractivity contribution is 0.104. The summed E-state index contributed by atoms with van der Waals surface area (Å²) in [5, 5.41) is 8.89. The molecule has 128 valence electrons. The van der Waals surface area contributed by atoms with Gasteiger partial charge in [-0.05, 0) is 30.3 Å². The van der Waals surface area contributed by atoms with E-state index in [2.05, 4.69) is 10.3 Å². The number of anilines is 2. The van der Waals surface area contributed by atoms with Gasteiger partial charge in [-0.2, -0.15) is 0 Å². The summed E-state index contributed by atoms with van der Waals surface area (Å²) in [6, 6.07) is 12.8. The third-order valence-electron chi connectivity index (χ3n) is 3.26. The van der Waals surface area contributed by atoms with Crippen LogP contribution in [0.3, 0.4) is 0 Å². The average Bonchev–Trinajstić information content (AvgIpc) is 3.03. The van der Waals surface area contributed by atoms with Gasteiger partial charge < -0.3 is 5.32 Å². The van der Waals surface area contributed by atoms with E-state index in [4.69, 9.17) is 16.7 Å². The van der Waals surface area contributed by atoms with Crippen LogP contribution in [0, 0.1) is 0 Å². The van der Waals surface area contributed by atoms with Crippen LogP contribution in [0.2, 0.25) is 5.02 Å². The number of halogens is 1. The number of aromatic nitrogens is 1. The smallest absolute Gasteiger partial charge is 0.238 e. The molecule has 3 rings (SSSR count). The number of nitrogens with two attached hydrogens (primary N) is 1. The molecule has 6 nitrogen and oxygen atoms in total. The zero-order valence-corrected chi connectivity index (χ0v) is 15.0. The minimum absolute atomic E-state index is 0.0126. The van der Waals surface area contributed by atoms with Gasteiger partial charge in [0.25, 0.3) is 0 Å². The molecule has 0 fully saturated rings. The van der Waals surface area contributed by atoms with E-state index in [-0.39, 0.29) is 10.7 Å². The molecule has 0 amide bonds. The first-order valence-electron chi connectivity index (χ1n) is 6.99. The van der Waals surface area contributed by atoms with Gasteiger partial charge in [0.15, 0.2) is 5.13 Å². The third-order valence-corrected chi connectivity index (χ3v) is 5.41. The van der Waals surface area contributed by atoms with E-state index < -0.39 is 10.0 Å². The minimum Gasteiger partial charge on any atom is -0.331 e. The molecule has 25 heavy (non-hydrogen) atoms. The van der Waals surface area contributed by atoms with E-state index in [9.17, 15) is 13.2 Å². The molecule has 1 aromatic heterocycles. The average molecular weight is 394 g/mol. The summed E-state index contributed by atoms with van der Waals surface area (Å²) >= 11 is 7.19. The van der Waals surface area contributed by atoms with E-state index in [1.165, 1.54) is 18.3 Å². The van der Waals surface area contributed by atoms with Gasteiger partial charge >= 0.3 is 0 Å². The molecule has 0 aliphatic carbocycles. The second-order valence-electron chi connectivity index (χ2n) is 5.04. The lowest BCUT2D eigenvalue weighted by atomic mass is 10.1. The molecule has 9 heteroatoms. The van der Waals surface area contributed by atoms with Crippen molar-refractivity contribution in [2.24, 2.45) is 5.14 Å². The van der Waals surface area contributed by atoms with Crippen molar-refractivity contribution in [2.45, 2.75) is 4.90 Å². The normalized spacial score (nSPS) is 11.3. The van der Waals surface area contributed by atoms with Crippen molar-refractivity contribution in [3.63, 3.8) is 0 Å². The SMILES string of the molecule is NS(=O)(=O)c1cccc(Nc2ncc(C(=O)c3ccccc3Cl)s2)c1. The zero-order chi connectivity index (χ0) is 18.0. The van der Waals surface area contributed by atoms with Crippen LogP contribution in [-0.4, -0.2) is 19.2 Å². The molecule has 0 unspecified atom stereocenters. The topological polar surface area (TPSA) is 102 Å². The molecule has 0 bridgehead atoms. The summed E-state index contributed by atoms with van der Waals surface area (Å²) in [6.07, 6.45) is 1.45. The number of carbonyl (C=O) groups excluding carboxylic acids is 1. The van der Waals surface area contributed by atoms with Crippen molar-refractivity contribution in [1.29, 1.82) is 0 Å². The summed E-state index contributed by atoms with van der Waals surface area (Å²) in [6.45, 7) is 0. The van der Waals surface area contributed by atoms with Crippen LogP contribution in [0.5, 0.6) is 0 Å². The molecule has 3 N–H and O–H groups in total. The molecule has 1 heterocycles. The summed E-state index contributed by atoms with van der Waals surface area (Å²) in [5.74, 6) is -0.227. The van der Waals surface area contributed by atoms with Crippen molar-refractivity contribution in [3.05, 3.63) is 70.2 Å². The lowest BCUT2D eigenvalue weighted by Gasteiger charge is -2.04. The second kappa shape index (κ2) is 6.93. The Morgan fingerprint density at radius 3 is 2.64 bits per heavy atom. The Morgan fingerprint density at radius 1 is 1.16 bits per heavy atom. The number of hydrogen-bond donors (Lipinski definition) is 2. The number of thiazole rings is 1. The molecular weight excluding hydrogens is 382 g/mol. The standard InChI is InChI=1S/C16H12ClN3O3S2/c17-13-7-2-1-6-12(13)15(21)14-9-19-16(24-14)20-10-4-3-5-11(8-10)25(18,22)23/h1-9H,(H,19,20)(H2,18,22,23). The highest BCUT2D eigenvalue weighted by Gasteiger charge is 2.16. The van der Waals surface area contributed by atoms with Crippen molar-refractivity contribution >= 4 is 49.6 Å². The van der Waals surface area contributed by atoms with Gasteiger partial charge in [-0.25, -0.2) is 18.5 Å². The number of primary sulfonamides is 1.